The molecule has 1 unspecified atom stereocenters. The minimum absolute atomic E-state index is 0.343. The summed E-state index contributed by atoms with van der Waals surface area (Å²) in [6.45, 7) is 4.31. The first kappa shape index (κ1) is 13.8. The second-order valence-electron chi connectivity index (χ2n) is 5.15. The van der Waals surface area contributed by atoms with E-state index in [1.54, 1.807) is 0 Å². The van der Waals surface area contributed by atoms with Crippen molar-refractivity contribution in [2.24, 2.45) is 0 Å². The van der Waals surface area contributed by atoms with E-state index in [9.17, 15) is 0 Å². The van der Waals surface area contributed by atoms with Crippen LogP contribution in [0.3, 0.4) is 0 Å². The van der Waals surface area contributed by atoms with Gasteiger partial charge < -0.3 is 5.32 Å². The summed E-state index contributed by atoms with van der Waals surface area (Å²) in [5.41, 5.74) is 2.72. The van der Waals surface area contributed by atoms with Gasteiger partial charge in [0.05, 0.1) is 6.04 Å². The molecule has 1 atom stereocenters. The summed E-state index contributed by atoms with van der Waals surface area (Å²) in [5, 5.41) is 3.43. The molecular weight excluding hydrogens is 312 g/mol. The standard InChI is InChI=1S/C17H19BrN2/c18-16-8-4-7-15(13-16)17(14-5-2-1-3-6-14)20-11-9-19-10-12-20/h1-8,13,17,19H,9-12H2. The molecule has 2 nitrogen and oxygen atoms in total. The number of hydrogen-bond acceptors (Lipinski definition) is 2. The predicted octanol–water partition coefficient (Wildman–Crippen LogP) is 3.44. The largest absolute Gasteiger partial charge is 0.314 e. The first-order valence-corrected chi connectivity index (χ1v) is 7.89. The Hall–Kier alpha value is -1.16. The molecule has 3 rings (SSSR count). The van der Waals surface area contributed by atoms with Gasteiger partial charge in [0, 0.05) is 30.7 Å². The SMILES string of the molecule is Brc1cccc(C(c2ccccc2)N2CCNCC2)c1. The molecule has 20 heavy (non-hydrogen) atoms. The first-order chi connectivity index (χ1) is 9.84. The lowest BCUT2D eigenvalue weighted by Gasteiger charge is -2.35. The van der Waals surface area contributed by atoms with Gasteiger partial charge in [-0.3, -0.25) is 4.90 Å². The second kappa shape index (κ2) is 6.53. The van der Waals surface area contributed by atoms with Crippen LogP contribution in [0, 0.1) is 0 Å². The Balaban J connectivity index is 1.98. The van der Waals surface area contributed by atoms with Gasteiger partial charge in [-0.15, -0.1) is 0 Å². The molecule has 1 aliphatic heterocycles. The zero-order chi connectivity index (χ0) is 13.8. The summed E-state index contributed by atoms with van der Waals surface area (Å²) >= 11 is 3.60. The Labute approximate surface area is 128 Å². The van der Waals surface area contributed by atoms with Crippen molar-refractivity contribution in [2.75, 3.05) is 26.2 Å². The fourth-order valence-corrected chi connectivity index (χ4v) is 3.28. The minimum atomic E-state index is 0.343. The number of benzene rings is 2. The van der Waals surface area contributed by atoms with Crippen molar-refractivity contribution in [1.29, 1.82) is 0 Å². The smallest absolute Gasteiger partial charge is 0.0603 e. The molecule has 0 saturated carbocycles. The zero-order valence-electron chi connectivity index (χ0n) is 11.4. The predicted molar refractivity (Wildman–Crippen MR) is 86.9 cm³/mol. The number of piperazine rings is 1. The molecule has 1 saturated heterocycles. The third-order valence-electron chi connectivity index (χ3n) is 3.80. The molecule has 1 fully saturated rings. The van der Waals surface area contributed by atoms with Crippen LogP contribution in [0.1, 0.15) is 17.2 Å². The molecule has 0 spiro atoms. The van der Waals surface area contributed by atoms with E-state index in [1.807, 2.05) is 0 Å². The molecule has 0 aromatic heterocycles. The summed E-state index contributed by atoms with van der Waals surface area (Å²) in [4.78, 5) is 2.56. The molecule has 0 bridgehead atoms. The highest BCUT2D eigenvalue weighted by atomic mass is 79.9. The lowest BCUT2D eigenvalue weighted by molar-refractivity contribution is 0.198. The molecule has 2 aromatic carbocycles. The quantitative estimate of drug-likeness (QED) is 0.927. The van der Waals surface area contributed by atoms with Gasteiger partial charge in [-0.1, -0.05) is 58.4 Å². The zero-order valence-corrected chi connectivity index (χ0v) is 13.0. The normalized spacial score (nSPS) is 17.9. The Morgan fingerprint density at radius 3 is 2.30 bits per heavy atom. The molecule has 0 amide bonds. The van der Waals surface area contributed by atoms with Crippen molar-refractivity contribution in [3.05, 3.63) is 70.2 Å². The number of rotatable bonds is 3. The van der Waals surface area contributed by atoms with Gasteiger partial charge in [-0.2, -0.15) is 0 Å². The van der Waals surface area contributed by atoms with Crippen LogP contribution in [0.5, 0.6) is 0 Å². The molecular formula is C17H19BrN2. The van der Waals surface area contributed by atoms with E-state index < -0.39 is 0 Å². The molecule has 0 radical (unpaired) electrons. The first-order valence-electron chi connectivity index (χ1n) is 7.10. The second-order valence-corrected chi connectivity index (χ2v) is 6.07. The van der Waals surface area contributed by atoms with Crippen LogP contribution in [0.25, 0.3) is 0 Å². The van der Waals surface area contributed by atoms with Crippen LogP contribution in [0.15, 0.2) is 59.1 Å². The molecule has 1 heterocycles. The van der Waals surface area contributed by atoms with Crippen molar-refractivity contribution in [2.45, 2.75) is 6.04 Å². The van der Waals surface area contributed by atoms with Crippen molar-refractivity contribution in [3.8, 4) is 0 Å². The average molecular weight is 331 g/mol. The van der Waals surface area contributed by atoms with Gasteiger partial charge in [0.15, 0.2) is 0 Å². The van der Waals surface area contributed by atoms with Crippen molar-refractivity contribution < 1.29 is 0 Å². The molecule has 2 aromatic rings. The van der Waals surface area contributed by atoms with Gasteiger partial charge in [-0.05, 0) is 23.3 Å². The van der Waals surface area contributed by atoms with Gasteiger partial charge >= 0.3 is 0 Å². The van der Waals surface area contributed by atoms with E-state index in [1.165, 1.54) is 11.1 Å². The topological polar surface area (TPSA) is 15.3 Å². The fraction of sp³-hybridized carbons (Fsp3) is 0.294. The third kappa shape index (κ3) is 3.11. The van der Waals surface area contributed by atoms with Crippen LogP contribution in [-0.4, -0.2) is 31.1 Å². The number of nitrogens with one attached hydrogen (secondary N) is 1. The summed E-state index contributed by atoms with van der Waals surface area (Å²) < 4.78 is 1.14. The summed E-state index contributed by atoms with van der Waals surface area (Å²) in [6, 6.07) is 19.8. The third-order valence-corrected chi connectivity index (χ3v) is 4.29. The minimum Gasteiger partial charge on any atom is -0.314 e. The maximum Gasteiger partial charge on any atom is 0.0603 e. The van der Waals surface area contributed by atoms with E-state index in [0.717, 1.165) is 30.7 Å². The Kier molecular flexibility index (Phi) is 4.51. The molecule has 3 heteroatoms. The highest BCUT2D eigenvalue weighted by Crippen LogP contribution is 2.30. The number of halogens is 1. The van der Waals surface area contributed by atoms with E-state index in [2.05, 4.69) is 80.7 Å². The van der Waals surface area contributed by atoms with Crippen molar-refractivity contribution in [1.82, 2.24) is 10.2 Å². The molecule has 0 aliphatic carbocycles. The maximum atomic E-state index is 3.60. The van der Waals surface area contributed by atoms with Crippen molar-refractivity contribution >= 4 is 15.9 Å². The van der Waals surface area contributed by atoms with Crippen LogP contribution in [0.2, 0.25) is 0 Å². The lowest BCUT2D eigenvalue weighted by atomic mass is 9.96. The Morgan fingerprint density at radius 2 is 1.60 bits per heavy atom. The fourth-order valence-electron chi connectivity index (χ4n) is 2.87. The monoisotopic (exact) mass is 330 g/mol. The van der Waals surface area contributed by atoms with E-state index in [0.29, 0.717) is 6.04 Å². The highest BCUT2D eigenvalue weighted by Gasteiger charge is 2.23. The van der Waals surface area contributed by atoms with Crippen molar-refractivity contribution in [3.63, 3.8) is 0 Å². The van der Waals surface area contributed by atoms with Crippen LogP contribution < -0.4 is 5.32 Å². The molecule has 1 N–H and O–H groups in total. The summed E-state index contributed by atoms with van der Waals surface area (Å²) in [6.07, 6.45) is 0. The Morgan fingerprint density at radius 1 is 0.900 bits per heavy atom. The summed E-state index contributed by atoms with van der Waals surface area (Å²) in [7, 11) is 0. The maximum absolute atomic E-state index is 3.60. The highest BCUT2D eigenvalue weighted by molar-refractivity contribution is 9.10. The van der Waals surface area contributed by atoms with E-state index in [4.69, 9.17) is 0 Å². The van der Waals surface area contributed by atoms with Crippen LogP contribution in [-0.2, 0) is 0 Å². The number of nitrogens with zero attached hydrogens (tertiary/aromatic N) is 1. The van der Waals surface area contributed by atoms with Gasteiger partial charge in [0.2, 0.25) is 0 Å². The van der Waals surface area contributed by atoms with Gasteiger partial charge in [-0.25, -0.2) is 0 Å². The Bertz CT molecular complexity index is 550. The lowest BCUT2D eigenvalue weighted by Crippen LogP contribution is -2.45. The van der Waals surface area contributed by atoms with Crippen LogP contribution in [0.4, 0.5) is 0 Å². The van der Waals surface area contributed by atoms with Gasteiger partial charge in [0.25, 0.3) is 0 Å². The van der Waals surface area contributed by atoms with E-state index in [-0.39, 0.29) is 0 Å². The van der Waals surface area contributed by atoms with Crippen LogP contribution >= 0.6 is 15.9 Å². The molecule has 104 valence electrons. The summed E-state index contributed by atoms with van der Waals surface area (Å²) in [5.74, 6) is 0. The average Bonchev–Trinajstić information content (AvgIpc) is 2.50. The number of hydrogen-bond donors (Lipinski definition) is 1. The molecule has 1 aliphatic rings. The van der Waals surface area contributed by atoms with E-state index >= 15 is 0 Å². The van der Waals surface area contributed by atoms with Gasteiger partial charge in [0.1, 0.15) is 0 Å².